The van der Waals surface area contributed by atoms with Crippen LogP contribution in [0.25, 0.3) is 15.9 Å². The van der Waals surface area contributed by atoms with Crippen LogP contribution in [0.3, 0.4) is 0 Å². The van der Waals surface area contributed by atoms with E-state index in [1.165, 1.54) is 10.4 Å². The van der Waals surface area contributed by atoms with E-state index in [1.54, 1.807) is 11.3 Å². The number of rotatable bonds is 1. The first kappa shape index (κ1) is 9.72. The van der Waals surface area contributed by atoms with Gasteiger partial charge in [-0.05, 0) is 19.4 Å². The van der Waals surface area contributed by atoms with Gasteiger partial charge in [-0.3, -0.25) is 4.40 Å². The Kier molecular flexibility index (Phi) is 1.97. The number of thiophene rings is 1. The zero-order valence-corrected chi connectivity index (χ0v) is 10.3. The molecule has 0 unspecified atom stereocenters. The Morgan fingerprint density at radius 1 is 1.31 bits per heavy atom. The number of nitrogens with zero attached hydrogens (tertiary/aromatic N) is 4. The summed E-state index contributed by atoms with van der Waals surface area (Å²) in [5, 5.41) is 9.61. The average molecular weight is 232 g/mol. The maximum Gasteiger partial charge on any atom is 0.172 e. The van der Waals surface area contributed by atoms with Crippen LogP contribution in [-0.4, -0.2) is 19.6 Å². The van der Waals surface area contributed by atoms with Crippen molar-refractivity contribution >= 4 is 27.2 Å². The van der Waals surface area contributed by atoms with Gasteiger partial charge in [0.15, 0.2) is 5.65 Å². The minimum Gasteiger partial charge on any atom is -0.269 e. The van der Waals surface area contributed by atoms with Gasteiger partial charge in [-0.15, -0.1) is 21.5 Å². The van der Waals surface area contributed by atoms with Crippen molar-refractivity contribution < 1.29 is 0 Å². The number of hydrogen-bond donors (Lipinski definition) is 0. The Hall–Kier alpha value is -1.49. The van der Waals surface area contributed by atoms with Crippen molar-refractivity contribution in [2.24, 2.45) is 0 Å². The first-order valence-corrected chi connectivity index (χ1v) is 6.12. The highest BCUT2D eigenvalue weighted by Gasteiger charge is 2.13. The van der Waals surface area contributed by atoms with Crippen molar-refractivity contribution in [1.82, 2.24) is 19.6 Å². The first-order valence-electron chi connectivity index (χ1n) is 5.30. The quantitative estimate of drug-likeness (QED) is 0.647. The summed E-state index contributed by atoms with van der Waals surface area (Å²) < 4.78 is 1.99. The van der Waals surface area contributed by atoms with Crippen LogP contribution in [0.1, 0.15) is 23.2 Å². The van der Waals surface area contributed by atoms with Gasteiger partial charge in [0.2, 0.25) is 0 Å². The van der Waals surface area contributed by atoms with Gasteiger partial charge >= 0.3 is 0 Å². The fourth-order valence-electron chi connectivity index (χ4n) is 1.93. The predicted molar refractivity (Wildman–Crippen MR) is 65.0 cm³/mol. The molecular weight excluding hydrogens is 220 g/mol. The van der Waals surface area contributed by atoms with Crippen LogP contribution in [0.15, 0.2) is 6.33 Å². The van der Waals surface area contributed by atoms with E-state index in [0.29, 0.717) is 0 Å². The molecule has 0 bridgehead atoms. The van der Waals surface area contributed by atoms with Crippen molar-refractivity contribution in [2.45, 2.75) is 27.2 Å². The van der Waals surface area contributed by atoms with Crippen LogP contribution < -0.4 is 0 Å². The Balaban J connectivity index is 2.53. The molecule has 0 atom stereocenters. The van der Waals surface area contributed by atoms with Gasteiger partial charge in [0, 0.05) is 11.3 Å². The lowest BCUT2D eigenvalue weighted by molar-refractivity contribution is 0.900. The lowest BCUT2D eigenvalue weighted by Gasteiger charge is -1.97. The van der Waals surface area contributed by atoms with E-state index in [4.69, 9.17) is 0 Å². The summed E-state index contributed by atoms with van der Waals surface area (Å²) in [4.78, 5) is 6.83. The number of hydrogen-bond acceptors (Lipinski definition) is 4. The maximum atomic E-state index is 4.47. The summed E-state index contributed by atoms with van der Waals surface area (Å²) in [6, 6.07) is 0. The summed E-state index contributed by atoms with van der Waals surface area (Å²) in [5.41, 5.74) is 2.21. The summed E-state index contributed by atoms with van der Waals surface area (Å²) in [6.07, 6.45) is 2.70. The minimum atomic E-state index is 0.872. The van der Waals surface area contributed by atoms with Crippen molar-refractivity contribution in [3.63, 3.8) is 0 Å². The van der Waals surface area contributed by atoms with Crippen LogP contribution in [0, 0.1) is 13.8 Å². The van der Waals surface area contributed by atoms with Crippen LogP contribution in [0.5, 0.6) is 0 Å². The third kappa shape index (κ3) is 1.12. The van der Waals surface area contributed by atoms with Crippen LogP contribution in [-0.2, 0) is 6.42 Å². The van der Waals surface area contributed by atoms with Gasteiger partial charge in [0.25, 0.3) is 0 Å². The van der Waals surface area contributed by atoms with E-state index in [2.05, 4.69) is 36.0 Å². The number of aromatic nitrogens is 4. The van der Waals surface area contributed by atoms with Gasteiger partial charge in [-0.2, -0.15) is 0 Å². The maximum absolute atomic E-state index is 4.47. The molecule has 0 fully saturated rings. The normalized spacial score (nSPS) is 11.7. The molecule has 0 aliphatic heterocycles. The number of fused-ring (bicyclic) bond motifs is 3. The van der Waals surface area contributed by atoms with E-state index in [1.807, 2.05) is 10.7 Å². The molecule has 0 aliphatic carbocycles. The fourth-order valence-corrected chi connectivity index (χ4v) is 2.92. The molecule has 0 radical (unpaired) electrons. The Labute approximate surface area is 97.0 Å². The van der Waals surface area contributed by atoms with Crippen molar-refractivity contribution in [1.29, 1.82) is 0 Å². The zero-order valence-electron chi connectivity index (χ0n) is 9.48. The monoisotopic (exact) mass is 232 g/mol. The molecular formula is C11H12N4S. The lowest BCUT2D eigenvalue weighted by Crippen LogP contribution is -1.93. The Bertz CT molecular complexity index is 680. The van der Waals surface area contributed by atoms with E-state index in [-0.39, 0.29) is 0 Å². The van der Waals surface area contributed by atoms with Crippen LogP contribution in [0.4, 0.5) is 0 Å². The second-order valence-corrected chi connectivity index (χ2v) is 5.07. The molecule has 3 aromatic heterocycles. The van der Waals surface area contributed by atoms with E-state index < -0.39 is 0 Å². The van der Waals surface area contributed by atoms with Crippen molar-refractivity contribution in [3.05, 3.63) is 22.6 Å². The SMILES string of the molecule is CCc1nnc2c3c(C)c(C)sc3ncn12. The average Bonchev–Trinajstić information content (AvgIpc) is 2.81. The molecule has 16 heavy (non-hydrogen) atoms. The largest absolute Gasteiger partial charge is 0.269 e. The molecule has 3 rings (SSSR count). The molecule has 4 nitrogen and oxygen atoms in total. The topological polar surface area (TPSA) is 43.1 Å². The molecule has 3 aromatic rings. The highest BCUT2D eigenvalue weighted by Crippen LogP contribution is 2.30. The van der Waals surface area contributed by atoms with Gasteiger partial charge in [-0.1, -0.05) is 6.92 Å². The molecule has 0 saturated heterocycles. The van der Waals surface area contributed by atoms with E-state index >= 15 is 0 Å². The third-order valence-corrected chi connectivity index (χ3v) is 4.08. The molecule has 0 amide bonds. The number of aryl methyl sites for hydroxylation is 3. The molecule has 0 N–H and O–H groups in total. The third-order valence-electron chi connectivity index (χ3n) is 2.96. The second kappa shape index (κ2) is 3.25. The lowest BCUT2D eigenvalue weighted by atomic mass is 10.2. The van der Waals surface area contributed by atoms with Gasteiger partial charge < -0.3 is 0 Å². The fraction of sp³-hybridized carbons (Fsp3) is 0.364. The minimum absolute atomic E-state index is 0.872. The van der Waals surface area contributed by atoms with Crippen LogP contribution in [0.2, 0.25) is 0 Å². The highest BCUT2D eigenvalue weighted by molar-refractivity contribution is 7.18. The van der Waals surface area contributed by atoms with E-state index in [0.717, 1.165) is 28.1 Å². The van der Waals surface area contributed by atoms with Crippen molar-refractivity contribution in [2.75, 3.05) is 0 Å². The summed E-state index contributed by atoms with van der Waals surface area (Å²) in [7, 11) is 0. The first-order chi connectivity index (χ1) is 7.72. The smallest absolute Gasteiger partial charge is 0.172 e. The molecule has 0 spiro atoms. The van der Waals surface area contributed by atoms with Crippen LogP contribution >= 0.6 is 11.3 Å². The second-order valence-electron chi connectivity index (χ2n) is 3.87. The molecule has 3 heterocycles. The van der Waals surface area contributed by atoms with Crippen molar-refractivity contribution in [3.8, 4) is 0 Å². The summed E-state index contributed by atoms with van der Waals surface area (Å²) in [5.74, 6) is 0.965. The summed E-state index contributed by atoms with van der Waals surface area (Å²) in [6.45, 7) is 6.32. The Morgan fingerprint density at radius 2 is 2.12 bits per heavy atom. The highest BCUT2D eigenvalue weighted by atomic mass is 32.1. The molecule has 5 heteroatoms. The summed E-state index contributed by atoms with van der Waals surface area (Å²) >= 11 is 1.72. The molecule has 0 aromatic carbocycles. The zero-order chi connectivity index (χ0) is 11.3. The predicted octanol–water partition coefficient (Wildman–Crippen LogP) is 2.52. The Morgan fingerprint density at radius 3 is 2.88 bits per heavy atom. The standard InChI is InChI=1S/C11H12N4S/c1-4-8-13-14-10-9-6(2)7(3)16-11(9)12-5-15(8)10/h5H,4H2,1-3H3. The van der Waals surface area contributed by atoms with Gasteiger partial charge in [-0.25, -0.2) is 4.98 Å². The van der Waals surface area contributed by atoms with Gasteiger partial charge in [0.1, 0.15) is 17.0 Å². The molecule has 82 valence electrons. The van der Waals surface area contributed by atoms with E-state index in [9.17, 15) is 0 Å². The molecule has 0 saturated carbocycles. The van der Waals surface area contributed by atoms with Gasteiger partial charge in [0.05, 0.1) is 5.39 Å². The molecule has 0 aliphatic rings.